The molecular formula is C17H18N2O5S. The van der Waals surface area contributed by atoms with E-state index >= 15 is 0 Å². The van der Waals surface area contributed by atoms with Crippen LogP contribution in [0.25, 0.3) is 0 Å². The molecule has 0 saturated carbocycles. The summed E-state index contributed by atoms with van der Waals surface area (Å²) in [6.07, 6.45) is 3.99. The molecule has 0 unspecified atom stereocenters. The van der Waals surface area contributed by atoms with Crippen molar-refractivity contribution in [3.8, 4) is 6.07 Å². The van der Waals surface area contributed by atoms with Crippen LogP contribution in [0, 0.1) is 17.2 Å². The molecule has 0 fully saturated rings. The van der Waals surface area contributed by atoms with Crippen LogP contribution in [0.5, 0.6) is 0 Å². The Morgan fingerprint density at radius 3 is 3.04 bits per heavy atom. The van der Waals surface area contributed by atoms with Crippen LogP contribution in [0.1, 0.15) is 29.3 Å². The third-order valence-corrected chi connectivity index (χ3v) is 5.23. The predicted molar refractivity (Wildman–Crippen MR) is 89.8 cm³/mol. The number of anilines is 1. The molecule has 2 aliphatic rings. The lowest BCUT2D eigenvalue weighted by molar-refractivity contribution is -0.148. The third-order valence-electron chi connectivity index (χ3n) is 4.06. The molecule has 1 aliphatic heterocycles. The Hall–Kier alpha value is -2.53. The summed E-state index contributed by atoms with van der Waals surface area (Å²) in [5.41, 5.74) is 1.56. The van der Waals surface area contributed by atoms with E-state index in [0.717, 1.165) is 29.7 Å². The molecule has 1 aliphatic carbocycles. The molecule has 132 valence electrons. The highest BCUT2D eigenvalue weighted by atomic mass is 32.1. The lowest BCUT2D eigenvalue weighted by Gasteiger charge is -2.17. The van der Waals surface area contributed by atoms with Crippen LogP contribution >= 0.6 is 11.3 Å². The molecule has 2 heterocycles. The largest absolute Gasteiger partial charge is 0.493 e. The van der Waals surface area contributed by atoms with Crippen molar-refractivity contribution in [1.82, 2.24) is 0 Å². The lowest BCUT2D eigenvalue weighted by Crippen LogP contribution is -2.23. The minimum Gasteiger partial charge on any atom is -0.493 e. The van der Waals surface area contributed by atoms with Crippen LogP contribution in [0.2, 0.25) is 0 Å². The highest BCUT2D eigenvalue weighted by Gasteiger charge is 2.25. The summed E-state index contributed by atoms with van der Waals surface area (Å²) < 4.78 is 15.0. The summed E-state index contributed by atoms with van der Waals surface area (Å²) in [5.74, 6) is -0.728. The van der Waals surface area contributed by atoms with Crippen LogP contribution < -0.4 is 5.32 Å². The zero-order chi connectivity index (χ0) is 17.8. The SMILES string of the molecule is C[C@@H]1CCc2c(sc(NC(=O)COC(=O)C3=COCCO3)c2C#N)C1. The fourth-order valence-corrected chi connectivity index (χ4v) is 4.17. The van der Waals surface area contributed by atoms with Crippen molar-refractivity contribution in [3.05, 3.63) is 28.0 Å². The molecule has 3 rings (SSSR count). The second-order valence-electron chi connectivity index (χ2n) is 5.99. The molecule has 1 aromatic rings. The summed E-state index contributed by atoms with van der Waals surface area (Å²) in [5, 5.41) is 12.6. The van der Waals surface area contributed by atoms with Gasteiger partial charge in [0.05, 0.1) is 5.56 Å². The van der Waals surface area contributed by atoms with Crippen molar-refractivity contribution >= 4 is 28.2 Å². The molecule has 0 saturated heterocycles. The molecule has 0 aromatic carbocycles. The number of thiophene rings is 1. The molecule has 7 nitrogen and oxygen atoms in total. The van der Waals surface area contributed by atoms with Crippen LogP contribution in [0.3, 0.4) is 0 Å². The number of carbonyl (C=O) groups excluding carboxylic acids is 2. The number of fused-ring (bicyclic) bond motifs is 1. The van der Waals surface area contributed by atoms with Gasteiger partial charge in [0.15, 0.2) is 6.61 Å². The van der Waals surface area contributed by atoms with E-state index in [1.807, 2.05) is 0 Å². The second-order valence-corrected chi connectivity index (χ2v) is 7.10. The average Bonchev–Trinajstić information content (AvgIpc) is 2.96. The number of nitrogens with one attached hydrogen (secondary N) is 1. The Kier molecular flexibility index (Phi) is 5.24. The van der Waals surface area contributed by atoms with E-state index in [1.54, 1.807) is 0 Å². The first-order chi connectivity index (χ1) is 12.1. The molecule has 0 radical (unpaired) electrons. The smallest absolute Gasteiger partial charge is 0.377 e. The topological polar surface area (TPSA) is 97.7 Å². The standard InChI is InChI=1S/C17H18N2O5S/c1-10-2-3-11-12(7-18)16(25-14(11)6-10)19-15(20)9-24-17(21)13-8-22-4-5-23-13/h8,10H,2-6,9H2,1H3,(H,19,20)/t10-/m1/s1. The molecule has 1 amide bonds. The number of nitrogens with zero attached hydrogens (tertiary/aromatic N) is 1. The Balaban J connectivity index is 1.61. The first-order valence-electron chi connectivity index (χ1n) is 8.04. The van der Waals surface area contributed by atoms with Crippen molar-refractivity contribution in [3.63, 3.8) is 0 Å². The van der Waals surface area contributed by atoms with Crippen LogP contribution in [0.4, 0.5) is 5.00 Å². The Morgan fingerprint density at radius 1 is 1.48 bits per heavy atom. The van der Waals surface area contributed by atoms with Crippen molar-refractivity contribution in [1.29, 1.82) is 5.26 Å². The average molecular weight is 362 g/mol. The molecule has 1 atom stereocenters. The number of hydrogen-bond acceptors (Lipinski definition) is 7. The molecule has 8 heteroatoms. The maximum Gasteiger partial charge on any atom is 0.377 e. The zero-order valence-electron chi connectivity index (χ0n) is 13.8. The van der Waals surface area contributed by atoms with Crippen LogP contribution in [-0.4, -0.2) is 31.7 Å². The van der Waals surface area contributed by atoms with E-state index < -0.39 is 18.5 Å². The molecular weight excluding hydrogens is 344 g/mol. The van der Waals surface area contributed by atoms with Gasteiger partial charge in [0, 0.05) is 4.88 Å². The first-order valence-corrected chi connectivity index (χ1v) is 8.86. The van der Waals surface area contributed by atoms with Gasteiger partial charge >= 0.3 is 5.97 Å². The monoisotopic (exact) mass is 362 g/mol. The third kappa shape index (κ3) is 3.94. The molecule has 0 spiro atoms. The van der Waals surface area contributed by atoms with Crippen molar-refractivity contribution in [2.24, 2.45) is 5.92 Å². The summed E-state index contributed by atoms with van der Waals surface area (Å²) in [7, 11) is 0. The second kappa shape index (κ2) is 7.57. The summed E-state index contributed by atoms with van der Waals surface area (Å²) in [6, 6.07) is 2.18. The zero-order valence-corrected chi connectivity index (χ0v) is 14.6. The summed E-state index contributed by atoms with van der Waals surface area (Å²) in [6.45, 7) is 2.36. The molecule has 1 aromatic heterocycles. The van der Waals surface area contributed by atoms with Crippen molar-refractivity contribution in [2.45, 2.75) is 26.2 Å². The maximum absolute atomic E-state index is 12.1. The van der Waals surface area contributed by atoms with Gasteiger partial charge in [0.25, 0.3) is 5.91 Å². The predicted octanol–water partition coefficient (Wildman–Crippen LogP) is 2.11. The number of carbonyl (C=O) groups is 2. The maximum atomic E-state index is 12.1. The molecule has 1 N–H and O–H groups in total. The lowest BCUT2D eigenvalue weighted by atomic mass is 9.89. The Bertz CT molecular complexity index is 762. The number of amides is 1. The van der Waals surface area contributed by atoms with Gasteiger partial charge < -0.3 is 19.5 Å². The minimum absolute atomic E-state index is 0.0580. The molecule has 0 bridgehead atoms. The van der Waals surface area contributed by atoms with E-state index in [4.69, 9.17) is 14.2 Å². The van der Waals surface area contributed by atoms with E-state index in [9.17, 15) is 14.9 Å². The number of hydrogen-bond donors (Lipinski definition) is 1. The van der Waals surface area contributed by atoms with E-state index in [1.165, 1.54) is 17.6 Å². The normalized spacial score (nSPS) is 18.7. The fourth-order valence-electron chi connectivity index (χ4n) is 2.80. The highest BCUT2D eigenvalue weighted by molar-refractivity contribution is 7.16. The van der Waals surface area contributed by atoms with Gasteiger partial charge in [-0.2, -0.15) is 5.26 Å². The van der Waals surface area contributed by atoms with Gasteiger partial charge in [-0.15, -0.1) is 11.3 Å². The van der Waals surface area contributed by atoms with E-state index in [-0.39, 0.29) is 12.4 Å². The van der Waals surface area contributed by atoms with Crippen molar-refractivity contribution in [2.75, 3.05) is 25.1 Å². The van der Waals surface area contributed by atoms with E-state index in [2.05, 4.69) is 18.3 Å². The number of ether oxygens (including phenoxy) is 3. The highest BCUT2D eigenvalue weighted by Crippen LogP contribution is 2.39. The first kappa shape index (κ1) is 17.3. The summed E-state index contributed by atoms with van der Waals surface area (Å²) in [4.78, 5) is 25.0. The van der Waals surface area contributed by atoms with Gasteiger partial charge in [-0.3, -0.25) is 4.79 Å². The number of rotatable bonds is 4. The Morgan fingerprint density at radius 2 is 2.32 bits per heavy atom. The minimum atomic E-state index is -0.755. The van der Waals surface area contributed by atoms with E-state index in [0.29, 0.717) is 23.1 Å². The molecule has 25 heavy (non-hydrogen) atoms. The van der Waals surface area contributed by atoms with Gasteiger partial charge in [0.1, 0.15) is 30.5 Å². The number of nitriles is 1. The summed E-state index contributed by atoms with van der Waals surface area (Å²) >= 11 is 1.43. The van der Waals surface area contributed by atoms with Gasteiger partial charge in [-0.05, 0) is 30.7 Å². The van der Waals surface area contributed by atoms with Gasteiger partial charge in [-0.25, -0.2) is 4.79 Å². The van der Waals surface area contributed by atoms with Gasteiger partial charge in [0.2, 0.25) is 5.76 Å². The van der Waals surface area contributed by atoms with Crippen LogP contribution in [0.15, 0.2) is 12.0 Å². The van der Waals surface area contributed by atoms with Crippen molar-refractivity contribution < 1.29 is 23.8 Å². The number of esters is 1. The van der Waals surface area contributed by atoms with Gasteiger partial charge in [-0.1, -0.05) is 6.92 Å². The Labute approximate surface area is 149 Å². The fraction of sp³-hybridized carbons (Fsp3) is 0.471. The van der Waals surface area contributed by atoms with Crippen LogP contribution in [-0.2, 0) is 36.6 Å². The quantitative estimate of drug-likeness (QED) is 0.824.